The molecule has 1 rings (SSSR count). The van der Waals surface area contributed by atoms with E-state index in [1.165, 1.54) is 9.88 Å². The average molecular weight is 250 g/mol. The molecule has 1 N–H and O–H groups in total. The number of terminal acetylenes is 1. The van der Waals surface area contributed by atoms with Crippen LogP contribution in [0.4, 0.5) is 0 Å². The molecule has 17 heavy (non-hydrogen) atoms. The van der Waals surface area contributed by atoms with Gasteiger partial charge in [-0.05, 0) is 19.4 Å². The van der Waals surface area contributed by atoms with E-state index in [0.717, 1.165) is 32.4 Å². The van der Waals surface area contributed by atoms with Gasteiger partial charge in [-0.15, -0.1) is 23.7 Å². The highest BCUT2D eigenvalue weighted by Crippen LogP contribution is 2.26. The molecule has 0 unspecified atom stereocenters. The van der Waals surface area contributed by atoms with Gasteiger partial charge in [0.25, 0.3) is 0 Å². The number of rotatable bonds is 6. The number of thiazole rings is 1. The second kappa shape index (κ2) is 6.78. The molecule has 0 aromatic carbocycles. The van der Waals surface area contributed by atoms with Crippen LogP contribution in [-0.2, 0) is 12.0 Å². The van der Waals surface area contributed by atoms with Crippen molar-refractivity contribution in [3.63, 3.8) is 0 Å². The van der Waals surface area contributed by atoms with Crippen LogP contribution in [0.2, 0.25) is 0 Å². The first-order valence-electron chi connectivity index (χ1n) is 6.13. The van der Waals surface area contributed by atoms with Crippen LogP contribution in [0.3, 0.4) is 0 Å². The fraction of sp³-hybridized carbons (Fsp3) is 0.643. The van der Waals surface area contributed by atoms with Gasteiger partial charge in [0.05, 0.1) is 5.01 Å². The van der Waals surface area contributed by atoms with Crippen LogP contribution in [-0.4, -0.2) is 11.5 Å². The Bertz CT molecular complexity index is 368. The molecule has 0 saturated heterocycles. The Morgan fingerprint density at radius 3 is 2.76 bits per heavy atom. The molecule has 1 aromatic rings. The minimum absolute atomic E-state index is 0.162. The highest BCUT2D eigenvalue weighted by atomic mass is 32.1. The number of hydrogen-bond donors (Lipinski definition) is 1. The van der Waals surface area contributed by atoms with Gasteiger partial charge in [-0.2, -0.15) is 0 Å². The zero-order valence-corrected chi connectivity index (χ0v) is 11.9. The zero-order chi connectivity index (χ0) is 12.7. The lowest BCUT2D eigenvalue weighted by molar-refractivity contribution is 0.585. The summed E-state index contributed by atoms with van der Waals surface area (Å²) in [6, 6.07) is 0. The summed E-state index contributed by atoms with van der Waals surface area (Å²) in [7, 11) is 0. The first kappa shape index (κ1) is 14.2. The maximum Gasteiger partial charge on any atom is 0.0981 e. The molecule has 0 aliphatic carbocycles. The Kier molecular flexibility index (Phi) is 5.67. The molecule has 0 bridgehead atoms. The van der Waals surface area contributed by atoms with E-state index in [1.54, 1.807) is 11.3 Å². The Morgan fingerprint density at radius 2 is 2.18 bits per heavy atom. The van der Waals surface area contributed by atoms with E-state index < -0.39 is 0 Å². The highest BCUT2D eigenvalue weighted by molar-refractivity contribution is 7.11. The van der Waals surface area contributed by atoms with Gasteiger partial charge in [0.15, 0.2) is 0 Å². The van der Waals surface area contributed by atoms with Crippen LogP contribution in [0.25, 0.3) is 0 Å². The summed E-state index contributed by atoms with van der Waals surface area (Å²) in [5.74, 6) is 2.66. The highest BCUT2D eigenvalue weighted by Gasteiger charge is 2.17. The second-order valence-electron chi connectivity index (χ2n) is 5.22. The van der Waals surface area contributed by atoms with E-state index in [2.05, 4.69) is 37.0 Å². The lowest BCUT2D eigenvalue weighted by atomic mass is 9.98. The Labute approximate surface area is 109 Å². The standard InChI is InChI=1S/C14H22N2S/c1-5-6-7-8-9-15-10-12-11-16-13(17-12)14(2,3)4/h1,11,15H,6-10H2,2-4H3. The number of unbranched alkanes of at least 4 members (excludes halogenated alkanes) is 2. The van der Waals surface area contributed by atoms with E-state index in [9.17, 15) is 0 Å². The smallest absolute Gasteiger partial charge is 0.0981 e. The van der Waals surface area contributed by atoms with E-state index in [0.29, 0.717) is 0 Å². The Hall–Kier alpha value is -0.850. The Morgan fingerprint density at radius 1 is 1.41 bits per heavy atom. The van der Waals surface area contributed by atoms with Crippen molar-refractivity contribution in [2.75, 3.05) is 6.54 Å². The van der Waals surface area contributed by atoms with Crippen LogP contribution in [0.15, 0.2) is 6.20 Å². The van der Waals surface area contributed by atoms with Gasteiger partial charge in [-0.1, -0.05) is 20.8 Å². The molecule has 0 saturated carbocycles. The van der Waals surface area contributed by atoms with Crippen molar-refractivity contribution in [2.45, 2.75) is 52.0 Å². The molecule has 94 valence electrons. The largest absolute Gasteiger partial charge is 0.312 e. The fourth-order valence-electron chi connectivity index (χ4n) is 1.42. The summed E-state index contributed by atoms with van der Waals surface area (Å²) in [4.78, 5) is 5.78. The van der Waals surface area contributed by atoms with Crippen LogP contribution < -0.4 is 5.32 Å². The first-order valence-corrected chi connectivity index (χ1v) is 6.95. The van der Waals surface area contributed by atoms with Crippen molar-refractivity contribution in [3.8, 4) is 12.3 Å². The maximum absolute atomic E-state index is 5.20. The third-order valence-electron chi connectivity index (χ3n) is 2.42. The third-order valence-corrected chi connectivity index (χ3v) is 3.84. The minimum Gasteiger partial charge on any atom is -0.312 e. The van der Waals surface area contributed by atoms with Gasteiger partial charge in [-0.3, -0.25) is 0 Å². The SMILES string of the molecule is C#CCCCCNCc1cnc(C(C)(C)C)s1. The van der Waals surface area contributed by atoms with Crippen LogP contribution in [0.5, 0.6) is 0 Å². The van der Waals surface area contributed by atoms with Crippen LogP contribution in [0.1, 0.15) is 49.9 Å². The average Bonchev–Trinajstić information content (AvgIpc) is 2.71. The molecule has 0 spiro atoms. The molecule has 3 heteroatoms. The van der Waals surface area contributed by atoms with E-state index >= 15 is 0 Å². The van der Waals surface area contributed by atoms with Crippen molar-refractivity contribution in [1.82, 2.24) is 10.3 Å². The van der Waals surface area contributed by atoms with E-state index in [4.69, 9.17) is 6.42 Å². The van der Waals surface area contributed by atoms with Crippen molar-refractivity contribution >= 4 is 11.3 Å². The third kappa shape index (κ3) is 5.34. The molecule has 0 aliphatic rings. The normalized spacial score (nSPS) is 11.4. The first-order chi connectivity index (χ1) is 8.04. The van der Waals surface area contributed by atoms with Crippen LogP contribution in [0, 0.1) is 12.3 Å². The molecule has 0 amide bonds. The van der Waals surface area contributed by atoms with Crippen molar-refractivity contribution in [1.29, 1.82) is 0 Å². The number of nitrogens with one attached hydrogen (secondary N) is 1. The summed E-state index contributed by atoms with van der Waals surface area (Å²) in [5.41, 5.74) is 0.162. The summed E-state index contributed by atoms with van der Waals surface area (Å²) >= 11 is 1.80. The van der Waals surface area contributed by atoms with Gasteiger partial charge >= 0.3 is 0 Å². The van der Waals surface area contributed by atoms with Crippen molar-refractivity contribution < 1.29 is 0 Å². The second-order valence-corrected chi connectivity index (χ2v) is 6.33. The topological polar surface area (TPSA) is 24.9 Å². The molecule has 0 radical (unpaired) electrons. The van der Waals surface area contributed by atoms with Gasteiger partial charge < -0.3 is 5.32 Å². The molecular formula is C14H22N2S. The molecule has 0 fully saturated rings. The van der Waals surface area contributed by atoms with E-state index in [1.807, 2.05) is 6.20 Å². The zero-order valence-electron chi connectivity index (χ0n) is 11.0. The monoisotopic (exact) mass is 250 g/mol. The van der Waals surface area contributed by atoms with Gasteiger partial charge in [0, 0.05) is 29.5 Å². The molecule has 2 nitrogen and oxygen atoms in total. The van der Waals surface area contributed by atoms with Crippen LogP contribution >= 0.6 is 11.3 Å². The Balaban J connectivity index is 2.24. The molecule has 0 aliphatic heterocycles. The van der Waals surface area contributed by atoms with Gasteiger partial charge in [0.2, 0.25) is 0 Å². The van der Waals surface area contributed by atoms with Gasteiger partial charge in [0.1, 0.15) is 0 Å². The van der Waals surface area contributed by atoms with Crippen molar-refractivity contribution in [3.05, 3.63) is 16.1 Å². The molecule has 0 atom stereocenters. The number of aromatic nitrogens is 1. The number of nitrogens with zero attached hydrogens (tertiary/aromatic N) is 1. The summed E-state index contributed by atoms with van der Waals surface area (Å²) in [6.07, 6.45) is 10.3. The van der Waals surface area contributed by atoms with Crippen molar-refractivity contribution in [2.24, 2.45) is 0 Å². The molecule has 1 heterocycles. The maximum atomic E-state index is 5.20. The minimum atomic E-state index is 0.162. The molecule has 1 aromatic heterocycles. The number of hydrogen-bond acceptors (Lipinski definition) is 3. The lowest BCUT2D eigenvalue weighted by Gasteiger charge is -2.13. The quantitative estimate of drug-likeness (QED) is 0.619. The molecular weight excluding hydrogens is 228 g/mol. The van der Waals surface area contributed by atoms with E-state index in [-0.39, 0.29) is 5.41 Å². The summed E-state index contributed by atoms with van der Waals surface area (Å²) in [6.45, 7) is 8.54. The lowest BCUT2D eigenvalue weighted by Crippen LogP contribution is -2.13. The summed E-state index contributed by atoms with van der Waals surface area (Å²) in [5, 5.41) is 4.64. The predicted octanol–water partition coefficient (Wildman–Crippen LogP) is 3.33. The predicted molar refractivity (Wildman–Crippen MR) is 75.2 cm³/mol. The van der Waals surface area contributed by atoms with Gasteiger partial charge in [-0.25, -0.2) is 4.98 Å². The fourth-order valence-corrected chi connectivity index (χ4v) is 2.36. The summed E-state index contributed by atoms with van der Waals surface area (Å²) < 4.78 is 0.